The van der Waals surface area contributed by atoms with E-state index in [9.17, 15) is 14.7 Å². The van der Waals surface area contributed by atoms with E-state index < -0.39 is 0 Å². The first kappa shape index (κ1) is 18.4. The number of hydrogen-bond donors (Lipinski definition) is 3. The molecule has 2 atom stereocenters. The van der Waals surface area contributed by atoms with Gasteiger partial charge in [0.1, 0.15) is 0 Å². The van der Waals surface area contributed by atoms with Crippen LogP contribution in [0.5, 0.6) is 0 Å². The van der Waals surface area contributed by atoms with Crippen molar-refractivity contribution in [2.45, 2.75) is 44.6 Å². The molecule has 2 unspecified atom stereocenters. The van der Waals surface area contributed by atoms with Crippen molar-refractivity contribution in [2.75, 3.05) is 31.5 Å². The number of aliphatic hydroxyl groups excluding tert-OH is 1. The molecule has 2 amide bonds. The van der Waals surface area contributed by atoms with E-state index in [-0.39, 0.29) is 23.3 Å². The predicted molar refractivity (Wildman–Crippen MR) is 103 cm³/mol. The summed E-state index contributed by atoms with van der Waals surface area (Å²) in [7, 11) is 0. The average molecular weight is 371 g/mol. The Labute approximate surface area is 160 Å². The van der Waals surface area contributed by atoms with Crippen LogP contribution in [0.1, 0.15) is 48.9 Å². The predicted octanol–water partition coefficient (Wildman–Crippen LogP) is 2.00. The second-order valence-electron chi connectivity index (χ2n) is 8.26. The van der Waals surface area contributed by atoms with Crippen molar-refractivity contribution in [3.63, 3.8) is 0 Å². The molecule has 1 saturated carbocycles. The molecular formula is C21H29N3O3. The first-order valence-corrected chi connectivity index (χ1v) is 10.2. The van der Waals surface area contributed by atoms with Gasteiger partial charge in [-0.3, -0.25) is 9.59 Å². The van der Waals surface area contributed by atoms with E-state index in [1.165, 1.54) is 0 Å². The normalized spacial score (nSPS) is 28.6. The zero-order valence-electron chi connectivity index (χ0n) is 15.7. The Morgan fingerprint density at radius 2 is 2.00 bits per heavy atom. The number of anilines is 1. The minimum atomic E-state index is -0.302. The zero-order valence-corrected chi connectivity index (χ0v) is 15.7. The maximum absolute atomic E-state index is 13.0. The Morgan fingerprint density at radius 1 is 1.19 bits per heavy atom. The van der Waals surface area contributed by atoms with Crippen LogP contribution in [0, 0.1) is 11.3 Å². The highest BCUT2D eigenvalue weighted by molar-refractivity contribution is 6.00. The molecular weight excluding hydrogens is 342 g/mol. The summed E-state index contributed by atoms with van der Waals surface area (Å²) >= 11 is 0. The van der Waals surface area contributed by atoms with E-state index in [4.69, 9.17) is 0 Å². The molecule has 0 aromatic heterocycles. The van der Waals surface area contributed by atoms with Gasteiger partial charge in [0.15, 0.2) is 0 Å². The van der Waals surface area contributed by atoms with Gasteiger partial charge < -0.3 is 20.6 Å². The van der Waals surface area contributed by atoms with Crippen LogP contribution >= 0.6 is 0 Å². The van der Waals surface area contributed by atoms with Crippen LogP contribution in [0.4, 0.5) is 5.69 Å². The summed E-state index contributed by atoms with van der Waals surface area (Å²) in [5.74, 6) is 0.571. The van der Waals surface area contributed by atoms with Gasteiger partial charge in [-0.25, -0.2) is 0 Å². The summed E-state index contributed by atoms with van der Waals surface area (Å²) in [6.45, 7) is 3.10. The molecule has 1 aromatic rings. The first-order chi connectivity index (χ1) is 13.1. The van der Waals surface area contributed by atoms with Gasteiger partial charge in [-0.05, 0) is 75.7 Å². The fourth-order valence-electron chi connectivity index (χ4n) is 4.60. The standard InChI is InChI=1S/C21H29N3O3/c25-18-6-11-24(12-7-18)19(26)15-3-1-5-17(13-15)23-20(27)21-8-10-22-9-2-4-16(21)14-21/h1,3,5,13,16,18,22,25H,2,4,6-12,14H2,(H,23,27). The summed E-state index contributed by atoms with van der Waals surface area (Å²) in [4.78, 5) is 27.5. The van der Waals surface area contributed by atoms with E-state index in [1.807, 2.05) is 12.1 Å². The highest BCUT2D eigenvalue weighted by Crippen LogP contribution is 2.58. The quantitative estimate of drug-likeness (QED) is 0.759. The largest absolute Gasteiger partial charge is 0.393 e. The fraction of sp³-hybridized carbons (Fsp3) is 0.619. The molecule has 2 heterocycles. The number of rotatable bonds is 3. The van der Waals surface area contributed by atoms with Gasteiger partial charge in [-0.2, -0.15) is 0 Å². The number of piperidine rings is 1. The van der Waals surface area contributed by atoms with Gasteiger partial charge in [0.05, 0.1) is 11.5 Å². The van der Waals surface area contributed by atoms with Gasteiger partial charge in [-0.1, -0.05) is 6.07 Å². The number of likely N-dealkylation sites (tertiary alicyclic amines) is 1. The van der Waals surface area contributed by atoms with Crippen molar-refractivity contribution in [1.29, 1.82) is 0 Å². The second-order valence-corrected chi connectivity index (χ2v) is 8.26. The topological polar surface area (TPSA) is 81.7 Å². The van der Waals surface area contributed by atoms with Crippen LogP contribution in [0.3, 0.4) is 0 Å². The second kappa shape index (κ2) is 7.60. The molecule has 3 fully saturated rings. The van der Waals surface area contributed by atoms with E-state index in [0.717, 1.165) is 38.8 Å². The number of fused-ring (bicyclic) bond motifs is 1. The Morgan fingerprint density at radius 3 is 2.81 bits per heavy atom. The molecule has 0 spiro atoms. The third-order valence-corrected chi connectivity index (χ3v) is 6.46. The third-order valence-electron chi connectivity index (χ3n) is 6.46. The third kappa shape index (κ3) is 3.87. The van der Waals surface area contributed by atoms with E-state index in [2.05, 4.69) is 10.6 Å². The maximum Gasteiger partial charge on any atom is 0.253 e. The van der Waals surface area contributed by atoms with Gasteiger partial charge in [0.25, 0.3) is 5.91 Å². The molecule has 1 aliphatic carbocycles. The molecule has 27 heavy (non-hydrogen) atoms. The molecule has 0 radical (unpaired) electrons. The molecule has 0 bridgehead atoms. The van der Waals surface area contributed by atoms with Crippen LogP contribution in [-0.4, -0.2) is 54.1 Å². The van der Waals surface area contributed by atoms with Crippen LogP contribution in [0.25, 0.3) is 0 Å². The zero-order chi connectivity index (χ0) is 18.9. The lowest BCUT2D eigenvalue weighted by atomic mass is 9.94. The number of nitrogens with zero attached hydrogens (tertiary/aromatic N) is 1. The van der Waals surface area contributed by atoms with E-state index in [1.54, 1.807) is 17.0 Å². The summed E-state index contributed by atoms with van der Waals surface area (Å²) in [6.07, 6.45) is 5.06. The van der Waals surface area contributed by atoms with Crippen molar-refractivity contribution in [3.8, 4) is 0 Å². The van der Waals surface area contributed by atoms with Crippen molar-refractivity contribution in [1.82, 2.24) is 10.2 Å². The number of nitrogens with one attached hydrogen (secondary N) is 2. The van der Waals surface area contributed by atoms with E-state index >= 15 is 0 Å². The summed E-state index contributed by atoms with van der Waals surface area (Å²) < 4.78 is 0. The van der Waals surface area contributed by atoms with Crippen LogP contribution in [0.15, 0.2) is 24.3 Å². The Hall–Kier alpha value is -1.92. The van der Waals surface area contributed by atoms with Gasteiger partial charge in [0, 0.05) is 24.3 Å². The first-order valence-electron chi connectivity index (χ1n) is 10.2. The van der Waals surface area contributed by atoms with Gasteiger partial charge in [0.2, 0.25) is 5.91 Å². The average Bonchev–Trinajstić information content (AvgIpc) is 3.35. The van der Waals surface area contributed by atoms with Gasteiger partial charge >= 0.3 is 0 Å². The molecule has 6 nitrogen and oxygen atoms in total. The van der Waals surface area contributed by atoms with Crippen LogP contribution in [0.2, 0.25) is 0 Å². The number of benzene rings is 1. The smallest absolute Gasteiger partial charge is 0.253 e. The monoisotopic (exact) mass is 371 g/mol. The van der Waals surface area contributed by atoms with Crippen LogP contribution < -0.4 is 10.6 Å². The highest BCUT2D eigenvalue weighted by Gasteiger charge is 2.58. The van der Waals surface area contributed by atoms with Crippen molar-refractivity contribution in [2.24, 2.45) is 11.3 Å². The van der Waals surface area contributed by atoms with Crippen molar-refractivity contribution < 1.29 is 14.7 Å². The maximum atomic E-state index is 13.0. The lowest BCUT2D eigenvalue weighted by molar-refractivity contribution is -0.122. The number of amides is 2. The summed E-state index contributed by atoms with van der Waals surface area (Å²) in [5.41, 5.74) is 1.06. The number of hydrogen-bond acceptors (Lipinski definition) is 4. The van der Waals surface area contributed by atoms with Crippen molar-refractivity contribution >= 4 is 17.5 Å². The van der Waals surface area contributed by atoms with Crippen molar-refractivity contribution in [3.05, 3.63) is 29.8 Å². The van der Waals surface area contributed by atoms with Crippen LogP contribution in [-0.2, 0) is 4.79 Å². The molecule has 146 valence electrons. The SMILES string of the molecule is O=C(c1cccc(NC(=O)C23CCNCCCC2C3)c1)N1CCC(O)CC1. The summed E-state index contributed by atoms with van der Waals surface area (Å²) in [6, 6.07) is 7.24. The minimum Gasteiger partial charge on any atom is -0.393 e. The molecule has 2 saturated heterocycles. The highest BCUT2D eigenvalue weighted by atomic mass is 16.3. The molecule has 1 aromatic carbocycles. The molecule has 4 rings (SSSR count). The lowest BCUT2D eigenvalue weighted by Gasteiger charge is -2.29. The lowest BCUT2D eigenvalue weighted by Crippen LogP contribution is -2.40. The number of carbonyl (C=O) groups is 2. The van der Waals surface area contributed by atoms with Gasteiger partial charge in [-0.15, -0.1) is 0 Å². The Kier molecular flexibility index (Phi) is 5.19. The molecule has 3 aliphatic rings. The Bertz CT molecular complexity index is 714. The number of carbonyl (C=O) groups excluding carboxylic acids is 2. The minimum absolute atomic E-state index is 0.0318. The molecule has 6 heteroatoms. The number of aliphatic hydroxyl groups is 1. The molecule has 3 N–H and O–H groups in total. The fourth-order valence-corrected chi connectivity index (χ4v) is 4.60. The van der Waals surface area contributed by atoms with E-state index in [0.29, 0.717) is 43.1 Å². The molecule has 2 aliphatic heterocycles. The summed E-state index contributed by atoms with van der Waals surface area (Å²) in [5, 5.41) is 16.1. The Balaban J connectivity index is 1.42.